The van der Waals surface area contributed by atoms with Gasteiger partial charge in [-0.05, 0) is 39.2 Å². The Labute approximate surface area is 115 Å². The lowest BCUT2D eigenvalue weighted by Gasteiger charge is -2.42. The number of halogens is 1. The van der Waals surface area contributed by atoms with Crippen molar-refractivity contribution in [3.05, 3.63) is 0 Å². The molecule has 17 heavy (non-hydrogen) atoms. The molecule has 0 aromatic heterocycles. The molecule has 0 heterocycles. The first-order chi connectivity index (χ1) is 7.96. The van der Waals surface area contributed by atoms with Crippen LogP contribution >= 0.6 is 15.9 Å². The third kappa shape index (κ3) is 4.22. The largest absolute Gasteiger partial charge is 0.394 e. The molecule has 102 valence electrons. The Bertz CT molecular complexity index is 222. The Kier molecular flexibility index (Phi) is 5.94. The minimum atomic E-state index is -0.110. The molecule has 0 saturated heterocycles. The number of alkyl halides is 1. The molecule has 1 aliphatic rings. The van der Waals surface area contributed by atoms with Gasteiger partial charge in [-0.15, -0.1) is 0 Å². The summed E-state index contributed by atoms with van der Waals surface area (Å²) >= 11 is 3.73. The SMILES string of the molecule is CN(CC1(CBr)CCCCCC1)C(C)(C)CO. The van der Waals surface area contributed by atoms with Crippen LogP contribution in [0.25, 0.3) is 0 Å². The van der Waals surface area contributed by atoms with E-state index in [1.807, 2.05) is 0 Å². The Morgan fingerprint density at radius 2 is 1.71 bits per heavy atom. The molecule has 0 atom stereocenters. The molecule has 2 nitrogen and oxygen atoms in total. The summed E-state index contributed by atoms with van der Waals surface area (Å²) in [6.07, 6.45) is 8.15. The molecule has 0 radical (unpaired) electrons. The van der Waals surface area contributed by atoms with Gasteiger partial charge in [0.2, 0.25) is 0 Å². The zero-order chi connectivity index (χ0) is 12.9. The topological polar surface area (TPSA) is 23.5 Å². The number of rotatable bonds is 5. The summed E-state index contributed by atoms with van der Waals surface area (Å²) in [4.78, 5) is 2.33. The van der Waals surface area contributed by atoms with Crippen LogP contribution in [0.5, 0.6) is 0 Å². The zero-order valence-electron chi connectivity index (χ0n) is 11.6. The summed E-state index contributed by atoms with van der Waals surface area (Å²) in [6.45, 7) is 5.55. The Morgan fingerprint density at radius 3 is 2.12 bits per heavy atom. The van der Waals surface area contributed by atoms with Gasteiger partial charge in [-0.2, -0.15) is 0 Å². The van der Waals surface area contributed by atoms with E-state index < -0.39 is 0 Å². The van der Waals surface area contributed by atoms with Gasteiger partial charge in [0.25, 0.3) is 0 Å². The molecule has 0 aromatic rings. The highest BCUT2D eigenvalue weighted by Crippen LogP contribution is 2.38. The number of nitrogens with zero attached hydrogens (tertiary/aromatic N) is 1. The molecule has 0 unspecified atom stereocenters. The van der Waals surface area contributed by atoms with Gasteiger partial charge in [-0.3, -0.25) is 4.90 Å². The molecule has 0 bridgehead atoms. The number of aliphatic hydroxyl groups excluding tert-OH is 1. The fourth-order valence-corrected chi connectivity index (χ4v) is 3.39. The van der Waals surface area contributed by atoms with E-state index >= 15 is 0 Å². The Morgan fingerprint density at radius 1 is 1.18 bits per heavy atom. The molecule has 0 aromatic carbocycles. The summed E-state index contributed by atoms with van der Waals surface area (Å²) in [5, 5.41) is 10.5. The zero-order valence-corrected chi connectivity index (χ0v) is 13.2. The van der Waals surface area contributed by atoms with Gasteiger partial charge in [0.05, 0.1) is 6.61 Å². The van der Waals surface area contributed by atoms with Crippen molar-refractivity contribution in [2.75, 3.05) is 25.5 Å². The molecular weight excluding hydrogens is 278 g/mol. The summed E-state index contributed by atoms with van der Waals surface area (Å²) in [6, 6.07) is 0. The molecule has 1 N–H and O–H groups in total. The van der Waals surface area contributed by atoms with Crippen LogP contribution in [-0.2, 0) is 0 Å². The number of hydrogen-bond donors (Lipinski definition) is 1. The maximum absolute atomic E-state index is 9.45. The van der Waals surface area contributed by atoms with Crippen LogP contribution in [0.1, 0.15) is 52.4 Å². The number of likely N-dealkylation sites (N-methyl/N-ethyl adjacent to an activating group) is 1. The van der Waals surface area contributed by atoms with Gasteiger partial charge in [-0.1, -0.05) is 41.6 Å². The van der Waals surface area contributed by atoms with Crippen molar-refractivity contribution in [2.45, 2.75) is 57.9 Å². The summed E-state index contributed by atoms with van der Waals surface area (Å²) < 4.78 is 0. The lowest BCUT2D eigenvalue weighted by Crippen LogP contribution is -2.49. The van der Waals surface area contributed by atoms with Crippen molar-refractivity contribution in [2.24, 2.45) is 5.41 Å². The van der Waals surface area contributed by atoms with Crippen LogP contribution in [0.15, 0.2) is 0 Å². The standard InChI is InChI=1S/C14H28BrNO/c1-13(2,12-17)16(3)11-14(10-15)8-6-4-5-7-9-14/h17H,4-12H2,1-3H3. The van der Waals surface area contributed by atoms with Crippen LogP contribution in [-0.4, -0.2) is 41.1 Å². The highest BCUT2D eigenvalue weighted by atomic mass is 79.9. The van der Waals surface area contributed by atoms with E-state index in [2.05, 4.69) is 41.7 Å². The van der Waals surface area contributed by atoms with Crippen LogP contribution < -0.4 is 0 Å². The van der Waals surface area contributed by atoms with Crippen LogP contribution in [0, 0.1) is 5.41 Å². The van der Waals surface area contributed by atoms with E-state index in [4.69, 9.17) is 0 Å². The third-order valence-corrected chi connectivity index (χ3v) is 5.63. The molecule has 0 amide bonds. The second-order valence-electron chi connectivity index (χ2n) is 6.37. The van der Waals surface area contributed by atoms with Crippen LogP contribution in [0.4, 0.5) is 0 Å². The van der Waals surface area contributed by atoms with Crippen molar-refractivity contribution in [3.63, 3.8) is 0 Å². The molecule has 3 heteroatoms. The van der Waals surface area contributed by atoms with E-state index in [0.717, 1.165) is 11.9 Å². The lowest BCUT2D eigenvalue weighted by molar-refractivity contribution is 0.0424. The highest BCUT2D eigenvalue weighted by molar-refractivity contribution is 9.09. The number of aliphatic hydroxyl groups is 1. The average Bonchev–Trinajstić information content (AvgIpc) is 2.55. The van der Waals surface area contributed by atoms with Crippen molar-refractivity contribution in [1.82, 2.24) is 4.90 Å². The average molecular weight is 306 g/mol. The molecule has 1 saturated carbocycles. The molecular formula is C14H28BrNO. The molecule has 0 aliphatic heterocycles. The third-order valence-electron chi connectivity index (χ3n) is 4.44. The first-order valence-corrected chi connectivity index (χ1v) is 7.96. The molecule has 1 aliphatic carbocycles. The smallest absolute Gasteiger partial charge is 0.0609 e. The van der Waals surface area contributed by atoms with Gasteiger partial charge in [0.15, 0.2) is 0 Å². The summed E-state index contributed by atoms with van der Waals surface area (Å²) in [5.41, 5.74) is 0.305. The normalized spacial score (nSPS) is 21.5. The Balaban J connectivity index is 2.67. The van der Waals surface area contributed by atoms with Gasteiger partial charge < -0.3 is 5.11 Å². The van der Waals surface area contributed by atoms with Crippen LogP contribution in [0.3, 0.4) is 0 Å². The molecule has 1 fully saturated rings. The van der Waals surface area contributed by atoms with E-state index in [-0.39, 0.29) is 12.1 Å². The summed E-state index contributed by atoms with van der Waals surface area (Å²) in [7, 11) is 2.14. The van der Waals surface area contributed by atoms with Crippen LogP contribution in [0.2, 0.25) is 0 Å². The van der Waals surface area contributed by atoms with Gasteiger partial charge in [0.1, 0.15) is 0 Å². The maximum atomic E-state index is 9.45. The minimum absolute atomic E-state index is 0.110. The van der Waals surface area contributed by atoms with Crippen molar-refractivity contribution in [3.8, 4) is 0 Å². The van der Waals surface area contributed by atoms with Gasteiger partial charge in [0, 0.05) is 17.4 Å². The second kappa shape index (κ2) is 6.53. The number of hydrogen-bond acceptors (Lipinski definition) is 2. The summed E-state index contributed by atoms with van der Waals surface area (Å²) in [5.74, 6) is 0. The predicted molar refractivity (Wildman–Crippen MR) is 77.7 cm³/mol. The minimum Gasteiger partial charge on any atom is -0.394 e. The Hall–Kier alpha value is 0.400. The molecule has 1 rings (SSSR count). The van der Waals surface area contributed by atoms with E-state index in [1.54, 1.807) is 0 Å². The fourth-order valence-electron chi connectivity index (χ4n) is 2.65. The van der Waals surface area contributed by atoms with Gasteiger partial charge >= 0.3 is 0 Å². The first-order valence-electron chi connectivity index (χ1n) is 6.84. The quantitative estimate of drug-likeness (QED) is 0.621. The van der Waals surface area contributed by atoms with E-state index in [9.17, 15) is 5.11 Å². The van der Waals surface area contributed by atoms with Crippen molar-refractivity contribution in [1.29, 1.82) is 0 Å². The maximum Gasteiger partial charge on any atom is 0.0609 e. The first kappa shape index (κ1) is 15.5. The van der Waals surface area contributed by atoms with Gasteiger partial charge in [-0.25, -0.2) is 0 Å². The van der Waals surface area contributed by atoms with Crippen molar-refractivity contribution >= 4 is 15.9 Å². The monoisotopic (exact) mass is 305 g/mol. The van der Waals surface area contributed by atoms with E-state index in [0.29, 0.717) is 5.41 Å². The second-order valence-corrected chi connectivity index (χ2v) is 6.94. The lowest BCUT2D eigenvalue weighted by atomic mass is 9.81. The molecule has 0 spiro atoms. The van der Waals surface area contributed by atoms with E-state index in [1.165, 1.54) is 38.5 Å². The van der Waals surface area contributed by atoms with Crippen molar-refractivity contribution < 1.29 is 5.11 Å². The fraction of sp³-hybridized carbons (Fsp3) is 1.00. The predicted octanol–water partition coefficient (Wildman–Crippen LogP) is 3.42. The highest BCUT2D eigenvalue weighted by Gasteiger charge is 2.34.